The highest BCUT2D eigenvalue weighted by Gasteiger charge is 2.34. The molecule has 1 aromatic carbocycles. The van der Waals surface area contributed by atoms with E-state index in [1.165, 1.54) is 9.80 Å². The number of oxazole rings is 1. The smallest absolute Gasteiger partial charge is 0.410 e. The van der Waals surface area contributed by atoms with Gasteiger partial charge in [-0.05, 0) is 23.7 Å². The van der Waals surface area contributed by atoms with Crippen LogP contribution in [-0.4, -0.2) is 62.8 Å². The first kappa shape index (κ1) is 27.2. The number of hydrogen-bond acceptors (Lipinski definition) is 10. The summed E-state index contributed by atoms with van der Waals surface area (Å²) < 4.78 is 16.3. The number of aliphatic imine (C=N–C) groups is 1. The van der Waals surface area contributed by atoms with E-state index in [-0.39, 0.29) is 49.8 Å². The van der Waals surface area contributed by atoms with Gasteiger partial charge < -0.3 is 29.0 Å². The first-order valence-corrected chi connectivity index (χ1v) is 12.9. The topological polar surface area (TPSA) is 164 Å². The van der Waals surface area contributed by atoms with Crippen LogP contribution in [0.5, 0.6) is 5.88 Å². The third-order valence-electron chi connectivity index (χ3n) is 6.62. The van der Waals surface area contributed by atoms with Gasteiger partial charge in [-0.25, -0.2) is 9.78 Å². The summed E-state index contributed by atoms with van der Waals surface area (Å²) in [5, 5.41) is 16.5. The summed E-state index contributed by atoms with van der Waals surface area (Å²) in [6, 6.07) is 3.30. The number of halogens is 1. The van der Waals surface area contributed by atoms with Crippen molar-refractivity contribution < 1.29 is 33.2 Å². The van der Waals surface area contributed by atoms with E-state index in [2.05, 4.69) is 20.4 Å². The third-order valence-corrected chi connectivity index (χ3v) is 6.95. The Labute approximate surface area is 233 Å². The lowest BCUT2D eigenvalue weighted by atomic mass is 10.1. The molecule has 3 amide bonds. The largest absolute Gasteiger partial charge is 0.491 e. The molecule has 210 valence electrons. The minimum atomic E-state index is -0.619. The van der Waals surface area contributed by atoms with Gasteiger partial charge in [0.05, 0.1) is 25.2 Å². The lowest BCUT2D eigenvalue weighted by Gasteiger charge is -2.24. The molecule has 0 radical (unpaired) electrons. The Kier molecular flexibility index (Phi) is 7.48. The first-order chi connectivity index (χ1) is 19.1. The van der Waals surface area contributed by atoms with Gasteiger partial charge in [0.1, 0.15) is 18.1 Å². The van der Waals surface area contributed by atoms with Gasteiger partial charge in [-0.3, -0.25) is 19.5 Å². The van der Waals surface area contributed by atoms with Crippen LogP contribution in [0.25, 0.3) is 0 Å². The van der Waals surface area contributed by atoms with Crippen molar-refractivity contribution in [1.29, 1.82) is 0 Å². The summed E-state index contributed by atoms with van der Waals surface area (Å²) in [6.45, 7) is 4.08. The van der Waals surface area contributed by atoms with Crippen LogP contribution < -0.4 is 5.32 Å². The van der Waals surface area contributed by atoms with Crippen molar-refractivity contribution in [2.24, 2.45) is 10.9 Å². The first-order valence-electron chi connectivity index (χ1n) is 12.6. The van der Waals surface area contributed by atoms with Crippen LogP contribution in [-0.2, 0) is 42.2 Å². The van der Waals surface area contributed by atoms with Crippen molar-refractivity contribution in [2.75, 3.05) is 18.9 Å². The van der Waals surface area contributed by atoms with Crippen LogP contribution in [0.15, 0.2) is 26.1 Å². The Balaban J connectivity index is 1.21. The molecule has 14 heteroatoms. The van der Waals surface area contributed by atoms with Gasteiger partial charge in [0.15, 0.2) is 5.76 Å². The molecule has 13 nitrogen and oxygen atoms in total. The summed E-state index contributed by atoms with van der Waals surface area (Å²) in [5.41, 5.74) is 2.66. The fourth-order valence-corrected chi connectivity index (χ4v) is 4.63. The van der Waals surface area contributed by atoms with E-state index >= 15 is 0 Å². The zero-order valence-corrected chi connectivity index (χ0v) is 22.8. The van der Waals surface area contributed by atoms with E-state index in [1.54, 1.807) is 39.2 Å². The van der Waals surface area contributed by atoms with Gasteiger partial charge in [0.25, 0.3) is 11.8 Å². The lowest BCUT2D eigenvalue weighted by Crippen LogP contribution is -2.35. The number of benzene rings is 1. The van der Waals surface area contributed by atoms with Crippen LogP contribution in [0.1, 0.15) is 58.4 Å². The molecule has 0 aliphatic carbocycles. The molecule has 5 rings (SSSR count). The number of carbonyl (C=O) groups excluding carboxylic acids is 3. The minimum Gasteiger partial charge on any atom is -0.491 e. The fraction of sp³-hybridized carbons (Fsp3) is 0.385. The number of fused-ring (bicyclic) bond motifs is 2. The number of ether oxygens (including phenoxy) is 1. The summed E-state index contributed by atoms with van der Waals surface area (Å²) in [4.78, 5) is 49.3. The van der Waals surface area contributed by atoms with Gasteiger partial charge in [-0.1, -0.05) is 25.4 Å². The van der Waals surface area contributed by atoms with Crippen molar-refractivity contribution in [3.05, 3.63) is 57.0 Å². The molecule has 0 spiro atoms. The minimum absolute atomic E-state index is 0.0815. The molecule has 0 fully saturated rings. The van der Waals surface area contributed by atoms with E-state index in [0.29, 0.717) is 57.6 Å². The number of carbonyl (C=O) groups is 3. The molecular weight excluding hydrogens is 544 g/mol. The Hall–Kier alpha value is -4.39. The maximum atomic E-state index is 12.9. The van der Waals surface area contributed by atoms with Crippen molar-refractivity contribution in [2.45, 2.75) is 46.5 Å². The number of nitrogens with zero attached hydrogens (tertiary/aromatic N) is 5. The Morgan fingerprint density at radius 1 is 1.23 bits per heavy atom. The molecule has 0 saturated carbocycles. The Bertz CT molecular complexity index is 1490. The molecule has 0 unspecified atom stereocenters. The second-order valence-electron chi connectivity index (χ2n) is 9.75. The Morgan fingerprint density at radius 2 is 2.00 bits per heavy atom. The number of aromatic hydroxyl groups is 1. The SMILES string of the molecule is C/N=C/c1cc(NC(=O)C(C)C)c(COC(=O)N2Cc3nc(C(=O)N4CCc5c(O)noc5C4)oc3C2)cc1Cl. The highest BCUT2D eigenvalue weighted by molar-refractivity contribution is 6.33. The van der Waals surface area contributed by atoms with Crippen LogP contribution in [0, 0.1) is 5.92 Å². The van der Waals surface area contributed by atoms with Crippen molar-refractivity contribution in [1.82, 2.24) is 19.9 Å². The molecule has 3 aromatic rings. The van der Waals surface area contributed by atoms with Crippen LogP contribution >= 0.6 is 11.6 Å². The van der Waals surface area contributed by atoms with Crippen molar-refractivity contribution in [3.63, 3.8) is 0 Å². The van der Waals surface area contributed by atoms with Gasteiger partial charge >= 0.3 is 12.0 Å². The van der Waals surface area contributed by atoms with E-state index in [9.17, 15) is 19.5 Å². The molecule has 0 atom stereocenters. The monoisotopic (exact) mass is 570 g/mol. The number of nitrogens with one attached hydrogen (secondary N) is 1. The molecule has 0 bridgehead atoms. The number of amides is 3. The van der Waals surface area contributed by atoms with Gasteiger partial charge in [-0.2, -0.15) is 0 Å². The fourth-order valence-electron chi connectivity index (χ4n) is 4.39. The predicted molar refractivity (Wildman–Crippen MR) is 141 cm³/mol. The van der Waals surface area contributed by atoms with Gasteiger partial charge in [0, 0.05) is 47.6 Å². The van der Waals surface area contributed by atoms with Crippen LogP contribution in [0.3, 0.4) is 0 Å². The molecule has 40 heavy (non-hydrogen) atoms. The summed E-state index contributed by atoms with van der Waals surface area (Å²) in [6.07, 6.45) is 1.35. The van der Waals surface area contributed by atoms with E-state index in [1.807, 2.05) is 0 Å². The normalized spacial score (nSPS) is 14.5. The number of anilines is 1. The molecule has 0 saturated heterocycles. The summed E-state index contributed by atoms with van der Waals surface area (Å²) in [7, 11) is 1.61. The average Bonchev–Trinajstić information content (AvgIpc) is 3.62. The third kappa shape index (κ3) is 5.37. The molecular formula is C26H27ClN6O7. The number of aromatic nitrogens is 2. The van der Waals surface area contributed by atoms with E-state index in [4.69, 9.17) is 25.3 Å². The van der Waals surface area contributed by atoms with Gasteiger partial charge in [0.2, 0.25) is 5.91 Å². The van der Waals surface area contributed by atoms with Crippen LogP contribution in [0.4, 0.5) is 10.5 Å². The predicted octanol–water partition coefficient (Wildman–Crippen LogP) is 3.52. The molecule has 2 aliphatic heterocycles. The maximum Gasteiger partial charge on any atom is 0.410 e. The van der Waals surface area contributed by atoms with E-state index < -0.39 is 12.0 Å². The number of hydrogen-bond donors (Lipinski definition) is 2. The van der Waals surface area contributed by atoms with Crippen molar-refractivity contribution >= 4 is 41.4 Å². The molecule has 2 N–H and O–H groups in total. The second-order valence-corrected chi connectivity index (χ2v) is 10.2. The zero-order valence-electron chi connectivity index (χ0n) is 22.1. The molecule has 2 aromatic heterocycles. The number of rotatable bonds is 6. The highest BCUT2D eigenvalue weighted by atomic mass is 35.5. The molecule has 4 heterocycles. The summed E-state index contributed by atoms with van der Waals surface area (Å²) in [5.74, 6) is -0.299. The maximum absolute atomic E-state index is 12.9. The van der Waals surface area contributed by atoms with E-state index in [0.717, 1.165) is 0 Å². The standard InChI is InChI=1S/C26H27ClN6O7/c1-13(2)22(34)29-18-7-14(8-28-3)17(27)6-15(18)12-38-26(37)33-9-19-21(11-33)39-24(30-19)25(36)32-5-4-16-20(10-32)40-31-23(16)35/h6-8,13H,4-5,9-12H2,1-3H3,(H,29,34)(H,31,35)/b28-8+. The summed E-state index contributed by atoms with van der Waals surface area (Å²) >= 11 is 6.36. The zero-order chi connectivity index (χ0) is 28.6. The molecule has 2 aliphatic rings. The quantitative estimate of drug-likeness (QED) is 0.422. The van der Waals surface area contributed by atoms with Crippen LogP contribution in [0.2, 0.25) is 5.02 Å². The lowest BCUT2D eigenvalue weighted by molar-refractivity contribution is -0.118. The average molecular weight is 571 g/mol. The Morgan fingerprint density at radius 3 is 2.73 bits per heavy atom. The van der Waals surface area contributed by atoms with Crippen molar-refractivity contribution in [3.8, 4) is 5.88 Å². The van der Waals surface area contributed by atoms with Gasteiger partial charge in [-0.15, -0.1) is 0 Å². The highest BCUT2D eigenvalue weighted by Crippen LogP contribution is 2.30. The second kappa shape index (κ2) is 11.0.